The Morgan fingerprint density at radius 3 is 2.52 bits per heavy atom. The summed E-state index contributed by atoms with van der Waals surface area (Å²) in [6.45, 7) is 3.90. The minimum absolute atomic E-state index is 0.0858. The molecule has 0 bridgehead atoms. The van der Waals surface area contributed by atoms with Gasteiger partial charge in [0.25, 0.3) is 5.56 Å². The second-order valence-electron chi connectivity index (χ2n) is 7.47. The number of methoxy groups -OCH3 is 1. The minimum Gasteiger partial charge on any atom is -0.495 e. The number of para-hydroxylation sites is 2. The van der Waals surface area contributed by atoms with Gasteiger partial charge in [0, 0.05) is 5.69 Å². The van der Waals surface area contributed by atoms with Gasteiger partial charge in [-0.3, -0.25) is 14.2 Å². The van der Waals surface area contributed by atoms with Gasteiger partial charge < -0.3 is 10.1 Å². The van der Waals surface area contributed by atoms with E-state index in [0.29, 0.717) is 32.5 Å². The number of hydrogen-bond acceptors (Lipinski definition) is 5. The van der Waals surface area contributed by atoms with Crippen molar-refractivity contribution in [2.45, 2.75) is 19.0 Å². The van der Waals surface area contributed by atoms with Crippen LogP contribution in [0, 0.1) is 13.8 Å². The number of halogens is 1. The molecule has 6 nitrogen and oxygen atoms in total. The molecule has 0 aliphatic carbocycles. The number of amides is 1. The van der Waals surface area contributed by atoms with E-state index >= 15 is 0 Å². The van der Waals surface area contributed by atoms with Crippen LogP contribution in [0.25, 0.3) is 16.6 Å². The van der Waals surface area contributed by atoms with Crippen LogP contribution < -0.4 is 15.6 Å². The molecule has 0 fully saturated rings. The third-order valence-corrected chi connectivity index (χ3v) is 6.45. The lowest BCUT2D eigenvalue weighted by Crippen LogP contribution is -2.23. The molecule has 0 aliphatic rings. The first-order valence-corrected chi connectivity index (χ1v) is 11.6. The van der Waals surface area contributed by atoms with E-state index in [1.54, 1.807) is 36.4 Å². The number of rotatable bonds is 6. The van der Waals surface area contributed by atoms with Crippen molar-refractivity contribution in [3.8, 4) is 11.4 Å². The summed E-state index contributed by atoms with van der Waals surface area (Å²) >= 11 is 7.51. The zero-order valence-electron chi connectivity index (χ0n) is 18.4. The van der Waals surface area contributed by atoms with Gasteiger partial charge in [-0.2, -0.15) is 0 Å². The molecule has 1 amide bonds. The first-order chi connectivity index (χ1) is 15.9. The summed E-state index contributed by atoms with van der Waals surface area (Å²) in [5.41, 5.74) is 3.65. The fraction of sp³-hybridized carbons (Fsp3) is 0.160. The van der Waals surface area contributed by atoms with Gasteiger partial charge in [-0.1, -0.05) is 53.7 Å². The summed E-state index contributed by atoms with van der Waals surface area (Å²) in [5, 5.41) is 4.23. The molecule has 0 atom stereocenters. The number of nitrogens with zero attached hydrogens (tertiary/aromatic N) is 2. The molecule has 4 aromatic rings. The molecule has 4 rings (SSSR count). The molecule has 0 radical (unpaired) electrons. The molecular formula is C25H22ClN3O3S. The number of hydrogen-bond donors (Lipinski definition) is 1. The Kier molecular flexibility index (Phi) is 6.72. The summed E-state index contributed by atoms with van der Waals surface area (Å²) in [6.07, 6.45) is 0. The Balaban J connectivity index is 1.71. The molecule has 0 saturated heterocycles. The summed E-state index contributed by atoms with van der Waals surface area (Å²) in [6, 6.07) is 18.1. The molecule has 0 saturated carbocycles. The van der Waals surface area contributed by atoms with Crippen LogP contribution in [0.2, 0.25) is 5.02 Å². The number of ether oxygens (including phenoxy) is 1. The highest BCUT2D eigenvalue weighted by Crippen LogP contribution is 2.29. The Hall–Kier alpha value is -3.29. The van der Waals surface area contributed by atoms with Crippen molar-refractivity contribution in [1.29, 1.82) is 0 Å². The first kappa shape index (κ1) is 22.9. The standard InChI is InChI=1S/C25H22ClN3O3S/c1-15-7-6-8-16(2)23(15)28-22(30)14-33-25-27-20-10-5-4-9-18(20)24(31)29(25)17-11-12-21(32-3)19(26)13-17/h4-13H,14H2,1-3H3,(H,28,30). The van der Waals surface area contributed by atoms with Gasteiger partial charge >= 0.3 is 0 Å². The predicted octanol–water partition coefficient (Wildman–Crippen LogP) is 5.40. The van der Waals surface area contributed by atoms with Crippen LogP contribution in [0.15, 0.2) is 70.6 Å². The third-order valence-electron chi connectivity index (χ3n) is 5.22. The van der Waals surface area contributed by atoms with Crippen molar-refractivity contribution in [1.82, 2.24) is 9.55 Å². The molecule has 0 spiro atoms. The second kappa shape index (κ2) is 9.68. The number of benzene rings is 3. The maximum Gasteiger partial charge on any atom is 0.266 e. The van der Waals surface area contributed by atoms with Crippen LogP contribution in [0.4, 0.5) is 5.69 Å². The van der Waals surface area contributed by atoms with E-state index in [-0.39, 0.29) is 17.2 Å². The summed E-state index contributed by atoms with van der Waals surface area (Å²) < 4.78 is 6.71. The predicted molar refractivity (Wildman–Crippen MR) is 134 cm³/mol. The van der Waals surface area contributed by atoms with E-state index in [9.17, 15) is 9.59 Å². The smallest absolute Gasteiger partial charge is 0.266 e. The molecule has 3 aromatic carbocycles. The van der Waals surface area contributed by atoms with Crippen LogP contribution in [0.1, 0.15) is 11.1 Å². The van der Waals surface area contributed by atoms with Crippen molar-refractivity contribution in [3.63, 3.8) is 0 Å². The van der Waals surface area contributed by atoms with Crippen molar-refractivity contribution >= 4 is 45.9 Å². The van der Waals surface area contributed by atoms with E-state index < -0.39 is 0 Å². The minimum atomic E-state index is -0.237. The highest BCUT2D eigenvalue weighted by Gasteiger charge is 2.16. The van der Waals surface area contributed by atoms with Gasteiger partial charge in [-0.05, 0) is 55.3 Å². The SMILES string of the molecule is COc1ccc(-n2c(SCC(=O)Nc3c(C)cccc3C)nc3ccccc3c2=O)cc1Cl. The van der Waals surface area contributed by atoms with Gasteiger partial charge in [0.1, 0.15) is 5.75 Å². The quantitative estimate of drug-likeness (QED) is 0.296. The lowest BCUT2D eigenvalue weighted by molar-refractivity contribution is -0.113. The maximum absolute atomic E-state index is 13.4. The normalized spacial score (nSPS) is 10.9. The van der Waals surface area contributed by atoms with E-state index in [1.807, 2.05) is 38.1 Å². The average Bonchev–Trinajstić information content (AvgIpc) is 2.80. The fourth-order valence-corrected chi connectivity index (χ4v) is 4.61. The monoisotopic (exact) mass is 479 g/mol. The van der Waals surface area contributed by atoms with Crippen LogP contribution in [0.5, 0.6) is 5.75 Å². The molecule has 1 N–H and O–H groups in total. The van der Waals surface area contributed by atoms with Gasteiger partial charge in [0.05, 0.1) is 34.5 Å². The number of aryl methyl sites for hydroxylation is 2. The zero-order chi connectivity index (χ0) is 23.5. The number of carbonyl (C=O) groups is 1. The third kappa shape index (κ3) is 4.74. The van der Waals surface area contributed by atoms with Crippen molar-refractivity contribution in [3.05, 3.63) is 87.2 Å². The Labute approximate surface area is 200 Å². The van der Waals surface area contributed by atoms with Crippen LogP contribution in [-0.2, 0) is 4.79 Å². The van der Waals surface area contributed by atoms with Gasteiger partial charge in [-0.25, -0.2) is 4.98 Å². The van der Waals surface area contributed by atoms with Gasteiger partial charge in [-0.15, -0.1) is 0 Å². The number of nitrogens with one attached hydrogen (secondary N) is 1. The summed E-state index contributed by atoms with van der Waals surface area (Å²) in [4.78, 5) is 30.8. The van der Waals surface area contributed by atoms with Crippen LogP contribution in [-0.4, -0.2) is 28.3 Å². The molecule has 33 heavy (non-hydrogen) atoms. The molecular weight excluding hydrogens is 458 g/mol. The number of fused-ring (bicyclic) bond motifs is 1. The Morgan fingerprint density at radius 1 is 1.09 bits per heavy atom. The molecule has 0 unspecified atom stereocenters. The number of aromatic nitrogens is 2. The molecule has 168 valence electrons. The number of anilines is 1. The second-order valence-corrected chi connectivity index (χ2v) is 8.82. The topological polar surface area (TPSA) is 73.2 Å². The van der Waals surface area contributed by atoms with Crippen LogP contribution in [0.3, 0.4) is 0 Å². The number of thioether (sulfide) groups is 1. The summed E-state index contributed by atoms with van der Waals surface area (Å²) in [7, 11) is 1.53. The molecule has 1 heterocycles. The van der Waals surface area contributed by atoms with Crippen LogP contribution >= 0.6 is 23.4 Å². The lowest BCUT2D eigenvalue weighted by Gasteiger charge is -2.15. The van der Waals surface area contributed by atoms with E-state index in [2.05, 4.69) is 10.3 Å². The summed E-state index contributed by atoms with van der Waals surface area (Å²) in [5.74, 6) is 0.408. The zero-order valence-corrected chi connectivity index (χ0v) is 20.0. The highest BCUT2D eigenvalue weighted by atomic mass is 35.5. The average molecular weight is 480 g/mol. The van der Waals surface area contributed by atoms with Gasteiger partial charge in [0.2, 0.25) is 5.91 Å². The number of carbonyl (C=O) groups excluding carboxylic acids is 1. The van der Waals surface area contributed by atoms with E-state index in [0.717, 1.165) is 16.8 Å². The largest absolute Gasteiger partial charge is 0.495 e. The Bertz CT molecular complexity index is 1400. The van der Waals surface area contributed by atoms with E-state index in [4.69, 9.17) is 16.3 Å². The molecule has 8 heteroatoms. The first-order valence-electron chi connectivity index (χ1n) is 10.2. The fourth-order valence-electron chi connectivity index (χ4n) is 3.55. The van der Waals surface area contributed by atoms with E-state index in [1.165, 1.54) is 23.4 Å². The van der Waals surface area contributed by atoms with Crippen molar-refractivity contribution in [2.75, 3.05) is 18.2 Å². The maximum atomic E-state index is 13.4. The van der Waals surface area contributed by atoms with Crippen molar-refractivity contribution < 1.29 is 9.53 Å². The molecule has 0 aliphatic heterocycles. The lowest BCUT2D eigenvalue weighted by atomic mass is 10.1. The van der Waals surface area contributed by atoms with Crippen molar-refractivity contribution in [2.24, 2.45) is 0 Å². The Morgan fingerprint density at radius 2 is 1.82 bits per heavy atom. The molecule has 1 aromatic heterocycles. The highest BCUT2D eigenvalue weighted by molar-refractivity contribution is 7.99. The van der Waals surface area contributed by atoms with Gasteiger partial charge in [0.15, 0.2) is 5.16 Å².